The minimum Gasteiger partial charge on any atom is -0.393 e. The molecule has 10 rings (SSSR count). The molecule has 5 saturated carbocycles. The first-order chi connectivity index (χ1) is 24.4. The maximum Gasteiger partial charge on any atom is 0.0663 e. The van der Waals surface area contributed by atoms with Crippen LogP contribution in [0.4, 0.5) is 0 Å². The average molecular weight is 716 g/mol. The number of thioether (sulfide) groups is 1. The first-order valence-electron chi connectivity index (χ1n) is 21.2. The summed E-state index contributed by atoms with van der Waals surface area (Å²) in [4.78, 5) is 5.20. The summed E-state index contributed by atoms with van der Waals surface area (Å²) < 4.78 is 0. The number of piperidine rings is 1. The van der Waals surface area contributed by atoms with Crippen molar-refractivity contribution in [1.82, 2.24) is 36.4 Å². The molecule has 0 bridgehead atoms. The number of fused-ring (bicyclic) bond motifs is 6. The van der Waals surface area contributed by atoms with Crippen molar-refractivity contribution in [3.05, 3.63) is 0 Å². The van der Waals surface area contributed by atoms with Crippen LogP contribution in [-0.4, -0.2) is 138 Å². The Labute approximate surface area is 303 Å². The van der Waals surface area contributed by atoms with Gasteiger partial charge in [0.1, 0.15) is 0 Å². The van der Waals surface area contributed by atoms with Gasteiger partial charge >= 0.3 is 0 Å². The van der Waals surface area contributed by atoms with Gasteiger partial charge in [-0.2, -0.15) is 5.12 Å². The smallest absolute Gasteiger partial charge is 0.0663 e. The molecule has 0 aromatic rings. The SMILES string of the molecule is OC1CC2C(C(O)C1C1CN3CCCCC3N1)C1C(O)C(C3NC4CCCCC4S3)C(O)CC1N2C1CCC(N2NC3CCCCC3N2)CC1. The van der Waals surface area contributed by atoms with Gasteiger partial charge in [-0.3, -0.25) is 15.1 Å². The zero-order chi connectivity index (χ0) is 33.7. The van der Waals surface area contributed by atoms with E-state index in [9.17, 15) is 20.4 Å². The fourth-order valence-corrected chi connectivity index (χ4v) is 15.6. The number of rotatable bonds is 4. The van der Waals surface area contributed by atoms with Crippen molar-refractivity contribution in [3.63, 3.8) is 0 Å². The van der Waals surface area contributed by atoms with E-state index in [2.05, 4.69) is 36.4 Å². The molecule has 5 heterocycles. The van der Waals surface area contributed by atoms with Gasteiger partial charge < -0.3 is 25.7 Å². The summed E-state index contributed by atoms with van der Waals surface area (Å²) in [6, 6.07) is 2.51. The first kappa shape index (κ1) is 34.4. The minimum absolute atomic E-state index is 0.0232. The van der Waals surface area contributed by atoms with Crippen molar-refractivity contribution in [2.75, 3.05) is 13.1 Å². The molecule has 282 valence electrons. The van der Waals surface area contributed by atoms with Gasteiger partial charge in [-0.25, -0.2) is 10.9 Å². The normalized spacial score (nSPS) is 56.0. The van der Waals surface area contributed by atoms with Crippen LogP contribution >= 0.6 is 11.8 Å². The topological polar surface area (TPSA) is 139 Å². The molecule has 5 saturated heterocycles. The molecule has 0 aromatic heterocycles. The van der Waals surface area contributed by atoms with Crippen LogP contribution in [0, 0.1) is 23.7 Å². The maximum atomic E-state index is 12.6. The third-order valence-corrected chi connectivity index (χ3v) is 17.7. The zero-order valence-corrected chi connectivity index (χ0v) is 30.8. The summed E-state index contributed by atoms with van der Waals surface area (Å²) in [6.45, 7) is 1.98. The molecule has 11 nitrogen and oxygen atoms in total. The van der Waals surface area contributed by atoms with Gasteiger partial charge in [0, 0.05) is 83.8 Å². The van der Waals surface area contributed by atoms with Gasteiger partial charge in [-0.15, -0.1) is 11.8 Å². The summed E-state index contributed by atoms with van der Waals surface area (Å²) in [6.07, 6.45) is 17.2. The van der Waals surface area contributed by atoms with Crippen molar-refractivity contribution in [2.24, 2.45) is 23.7 Å². The molecule has 50 heavy (non-hydrogen) atoms. The number of nitrogens with one attached hydrogen (secondary N) is 4. The highest BCUT2D eigenvalue weighted by atomic mass is 32.2. The molecule has 0 aromatic carbocycles. The molecule has 17 unspecified atom stereocenters. The Morgan fingerprint density at radius 1 is 0.540 bits per heavy atom. The van der Waals surface area contributed by atoms with E-state index in [4.69, 9.17) is 0 Å². The molecule has 0 spiro atoms. The van der Waals surface area contributed by atoms with Gasteiger partial charge in [0.25, 0.3) is 0 Å². The lowest BCUT2D eigenvalue weighted by Crippen LogP contribution is -2.60. The van der Waals surface area contributed by atoms with E-state index in [1.54, 1.807) is 0 Å². The second kappa shape index (κ2) is 13.9. The molecule has 17 atom stereocenters. The van der Waals surface area contributed by atoms with Crippen molar-refractivity contribution in [3.8, 4) is 0 Å². The fraction of sp³-hybridized carbons (Fsp3) is 1.00. The number of aliphatic hydroxyl groups is 4. The quantitative estimate of drug-likeness (QED) is 0.214. The van der Waals surface area contributed by atoms with E-state index >= 15 is 0 Å². The number of hydrogen-bond donors (Lipinski definition) is 8. The van der Waals surface area contributed by atoms with Crippen LogP contribution in [0.3, 0.4) is 0 Å². The molecule has 10 aliphatic rings. The Bertz CT molecular complexity index is 1110. The van der Waals surface area contributed by atoms with Crippen molar-refractivity contribution >= 4 is 11.8 Å². The standard InChI is InChI=1S/C38H65N7O4S/c46-28-17-26-33(36(48)32(28)25-19-43-16-6-5-11-31(43)39-25)34-27(18-29(47)35(37(34)49)38-40-24-9-3-4-10-30(24)50-38)44(26)20-12-14-21(15-13-20)45-41-22-7-1-2-8-23(22)42-45/h20-42,46-49H,1-19H2. The predicted molar refractivity (Wildman–Crippen MR) is 194 cm³/mol. The Morgan fingerprint density at radius 3 is 1.82 bits per heavy atom. The highest BCUT2D eigenvalue weighted by molar-refractivity contribution is 8.00. The van der Waals surface area contributed by atoms with Crippen LogP contribution in [-0.2, 0) is 0 Å². The van der Waals surface area contributed by atoms with E-state index in [1.807, 2.05) is 11.8 Å². The van der Waals surface area contributed by atoms with Crippen LogP contribution in [0.25, 0.3) is 0 Å². The first-order valence-corrected chi connectivity index (χ1v) is 22.1. The van der Waals surface area contributed by atoms with Gasteiger partial charge in [-0.1, -0.05) is 25.7 Å². The minimum atomic E-state index is -0.685. The highest BCUT2D eigenvalue weighted by Crippen LogP contribution is 2.56. The van der Waals surface area contributed by atoms with E-state index in [0.717, 1.165) is 45.2 Å². The van der Waals surface area contributed by atoms with E-state index < -0.39 is 24.4 Å². The second-order valence-electron chi connectivity index (χ2n) is 18.5. The maximum absolute atomic E-state index is 12.6. The molecule has 0 radical (unpaired) electrons. The third-order valence-electron chi connectivity index (χ3n) is 16.0. The van der Waals surface area contributed by atoms with E-state index in [0.29, 0.717) is 54.5 Å². The molecule has 5 aliphatic heterocycles. The average Bonchev–Trinajstić information content (AvgIpc) is 3.91. The van der Waals surface area contributed by atoms with Crippen molar-refractivity contribution in [1.29, 1.82) is 0 Å². The Kier molecular flexibility index (Phi) is 9.56. The molecule has 5 aliphatic carbocycles. The number of hydrazine groups is 2. The summed E-state index contributed by atoms with van der Waals surface area (Å²) in [5.74, 6) is -0.687. The van der Waals surface area contributed by atoms with Gasteiger partial charge in [0.15, 0.2) is 0 Å². The van der Waals surface area contributed by atoms with E-state index in [1.165, 1.54) is 64.2 Å². The van der Waals surface area contributed by atoms with Crippen LogP contribution in [0.5, 0.6) is 0 Å². The number of likely N-dealkylation sites (tertiary alicyclic amines) is 1. The monoisotopic (exact) mass is 715 g/mol. The summed E-state index contributed by atoms with van der Waals surface area (Å²) in [7, 11) is 0. The molecular formula is C38H65N7O4S. The number of aliphatic hydroxyl groups excluding tert-OH is 4. The number of nitrogens with zero attached hydrogens (tertiary/aromatic N) is 3. The third kappa shape index (κ3) is 5.79. The van der Waals surface area contributed by atoms with Gasteiger partial charge in [0.2, 0.25) is 0 Å². The van der Waals surface area contributed by atoms with E-state index in [-0.39, 0.29) is 47.2 Å². The van der Waals surface area contributed by atoms with Gasteiger partial charge in [-0.05, 0) is 90.0 Å². The van der Waals surface area contributed by atoms with Crippen molar-refractivity contribution in [2.45, 2.75) is 199 Å². The number of hydrogen-bond acceptors (Lipinski definition) is 12. The highest BCUT2D eigenvalue weighted by Gasteiger charge is 2.65. The predicted octanol–water partition coefficient (Wildman–Crippen LogP) is 1.46. The van der Waals surface area contributed by atoms with Crippen LogP contribution in [0.1, 0.15) is 109 Å². The Balaban J connectivity index is 0.909. The fourth-order valence-electron chi connectivity index (χ4n) is 13.8. The summed E-state index contributed by atoms with van der Waals surface area (Å²) >= 11 is 1.97. The van der Waals surface area contributed by atoms with Crippen LogP contribution in [0.2, 0.25) is 0 Å². The lowest BCUT2D eigenvalue weighted by molar-refractivity contribution is -0.122. The van der Waals surface area contributed by atoms with Crippen molar-refractivity contribution < 1.29 is 20.4 Å². The lowest BCUT2D eigenvalue weighted by atomic mass is 9.63. The molecule has 0 amide bonds. The Morgan fingerprint density at radius 2 is 1.14 bits per heavy atom. The lowest BCUT2D eigenvalue weighted by Gasteiger charge is -2.48. The van der Waals surface area contributed by atoms with Crippen LogP contribution in [0.15, 0.2) is 0 Å². The zero-order valence-electron chi connectivity index (χ0n) is 29.9. The molecule has 12 heteroatoms. The van der Waals surface area contributed by atoms with Gasteiger partial charge in [0.05, 0.1) is 36.0 Å². The molecule has 8 N–H and O–H groups in total. The molecule has 10 fully saturated rings. The summed E-state index contributed by atoms with van der Waals surface area (Å²) in [5.41, 5.74) is 7.64. The molecular weight excluding hydrogens is 651 g/mol. The summed E-state index contributed by atoms with van der Waals surface area (Å²) in [5, 5.41) is 59.9. The second-order valence-corrected chi connectivity index (χ2v) is 19.9. The van der Waals surface area contributed by atoms with Crippen LogP contribution < -0.4 is 21.5 Å². The Hall–Kier alpha value is -0.0900. The largest absolute Gasteiger partial charge is 0.393 e.